The molecule has 1 aliphatic rings. The standard InChI is InChI=1S/C15H26O2/c1-11(6-5-9-16)13-10-15(3,4)14(13)8-7-12(2)17/h9,11,13-14H,5-8,10H2,1-4H3. The van der Waals surface area contributed by atoms with Crippen LogP contribution >= 0.6 is 0 Å². The van der Waals surface area contributed by atoms with Gasteiger partial charge in [0.2, 0.25) is 0 Å². The number of hydrogen-bond acceptors (Lipinski definition) is 2. The van der Waals surface area contributed by atoms with E-state index >= 15 is 0 Å². The third-order valence-electron chi connectivity index (χ3n) is 4.56. The summed E-state index contributed by atoms with van der Waals surface area (Å²) >= 11 is 0. The van der Waals surface area contributed by atoms with E-state index in [1.54, 1.807) is 6.92 Å². The van der Waals surface area contributed by atoms with Gasteiger partial charge in [-0.2, -0.15) is 0 Å². The minimum Gasteiger partial charge on any atom is -0.303 e. The largest absolute Gasteiger partial charge is 0.303 e. The lowest BCUT2D eigenvalue weighted by atomic mass is 9.51. The van der Waals surface area contributed by atoms with Crippen LogP contribution in [0.5, 0.6) is 0 Å². The first-order valence-corrected chi connectivity index (χ1v) is 6.81. The van der Waals surface area contributed by atoms with Crippen molar-refractivity contribution in [1.82, 2.24) is 0 Å². The van der Waals surface area contributed by atoms with E-state index in [2.05, 4.69) is 20.8 Å². The van der Waals surface area contributed by atoms with Crippen molar-refractivity contribution in [2.75, 3.05) is 0 Å². The Morgan fingerprint density at radius 2 is 2.12 bits per heavy atom. The van der Waals surface area contributed by atoms with Crippen LogP contribution in [0, 0.1) is 23.2 Å². The third-order valence-corrected chi connectivity index (χ3v) is 4.56. The lowest BCUT2D eigenvalue weighted by Gasteiger charge is -2.54. The summed E-state index contributed by atoms with van der Waals surface area (Å²) in [6.45, 7) is 8.54. The minimum absolute atomic E-state index is 0.298. The third kappa shape index (κ3) is 3.65. The van der Waals surface area contributed by atoms with Crippen molar-refractivity contribution in [3.8, 4) is 0 Å². The quantitative estimate of drug-likeness (QED) is 0.635. The highest BCUT2D eigenvalue weighted by molar-refractivity contribution is 5.75. The predicted molar refractivity (Wildman–Crippen MR) is 69.8 cm³/mol. The van der Waals surface area contributed by atoms with Crippen LogP contribution < -0.4 is 0 Å². The summed E-state index contributed by atoms with van der Waals surface area (Å²) in [4.78, 5) is 21.5. The van der Waals surface area contributed by atoms with E-state index in [-0.39, 0.29) is 0 Å². The lowest BCUT2D eigenvalue weighted by Crippen LogP contribution is -2.46. The van der Waals surface area contributed by atoms with E-state index in [0.29, 0.717) is 41.8 Å². The number of carbonyl (C=O) groups is 2. The van der Waals surface area contributed by atoms with Gasteiger partial charge in [-0.15, -0.1) is 0 Å². The molecule has 0 amide bonds. The normalized spacial score (nSPS) is 28.2. The molecule has 0 radical (unpaired) electrons. The minimum atomic E-state index is 0.298. The zero-order chi connectivity index (χ0) is 13.1. The highest BCUT2D eigenvalue weighted by atomic mass is 16.1. The Labute approximate surface area is 105 Å². The van der Waals surface area contributed by atoms with Gasteiger partial charge in [0, 0.05) is 12.8 Å². The molecule has 0 heterocycles. The van der Waals surface area contributed by atoms with Crippen LogP contribution in [0.2, 0.25) is 0 Å². The summed E-state index contributed by atoms with van der Waals surface area (Å²) in [5, 5.41) is 0. The first-order chi connectivity index (χ1) is 7.88. The second-order valence-electron chi connectivity index (χ2n) is 6.43. The topological polar surface area (TPSA) is 34.1 Å². The summed E-state index contributed by atoms with van der Waals surface area (Å²) in [5.74, 6) is 2.29. The van der Waals surface area contributed by atoms with Crippen molar-refractivity contribution in [2.24, 2.45) is 23.2 Å². The van der Waals surface area contributed by atoms with E-state index in [4.69, 9.17) is 0 Å². The molecule has 3 unspecified atom stereocenters. The Balaban J connectivity index is 2.49. The maximum Gasteiger partial charge on any atom is 0.129 e. The van der Waals surface area contributed by atoms with Crippen molar-refractivity contribution in [3.63, 3.8) is 0 Å². The Bertz CT molecular complexity index is 281. The van der Waals surface area contributed by atoms with Crippen molar-refractivity contribution < 1.29 is 9.59 Å². The van der Waals surface area contributed by atoms with Gasteiger partial charge < -0.3 is 9.59 Å². The number of carbonyl (C=O) groups excluding carboxylic acids is 2. The number of ketones is 1. The van der Waals surface area contributed by atoms with Gasteiger partial charge >= 0.3 is 0 Å². The van der Waals surface area contributed by atoms with Gasteiger partial charge in [0.1, 0.15) is 12.1 Å². The van der Waals surface area contributed by atoms with E-state index in [1.807, 2.05) is 0 Å². The molecular formula is C15H26O2. The van der Waals surface area contributed by atoms with Crippen LogP contribution in [0.3, 0.4) is 0 Å². The van der Waals surface area contributed by atoms with Gasteiger partial charge in [-0.25, -0.2) is 0 Å². The Morgan fingerprint density at radius 1 is 1.47 bits per heavy atom. The zero-order valence-electron chi connectivity index (χ0n) is 11.7. The molecule has 1 rings (SSSR count). The summed E-state index contributed by atoms with van der Waals surface area (Å²) in [6.07, 6.45) is 5.68. The van der Waals surface area contributed by atoms with Crippen molar-refractivity contribution in [1.29, 1.82) is 0 Å². The molecule has 1 saturated carbocycles. The molecule has 0 aromatic heterocycles. The fourth-order valence-corrected chi connectivity index (χ4v) is 3.43. The molecule has 0 saturated heterocycles. The fraction of sp³-hybridized carbons (Fsp3) is 0.867. The maximum absolute atomic E-state index is 11.1. The molecule has 0 aliphatic heterocycles. The maximum atomic E-state index is 11.1. The molecular weight excluding hydrogens is 212 g/mol. The molecule has 0 aromatic carbocycles. The van der Waals surface area contributed by atoms with Crippen LogP contribution in [-0.4, -0.2) is 12.1 Å². The second kappa shape index (κ2) is 5.79. The molecule has 0 aromatic rings. The van der Waals surface area contributed by atoms with E-state index in [9.17, 15) is 9.59 Å². The van der Waals surface area contributed by atoms with Crippen molar-refractivity contribution in [3.05, 3.63) is 0 Å². The number of rotatable bonds is 7. The SMILES string of the molecule is CC(=O)CCC1C(C(C)CCC=O)CC1(C)C. The van der Waals surface area contributed by atoms with Gasteiger partial charge in [0.25, 0.3) is 0 Å². The Kier molecular flexibility index (Phi) is 4.91. The average Bonchev–Trinajstić information content (AvgIpc) is 2.22. The van der Waals surface area contributed by atoms with E-state index < -0.39 is 0 Å². The van der Waals surface area contributed by atoms with Gasteiger partial charge in [0.15, 0.2) is 0 Å². The molecule has 0 N–H and O–H groups in total. The molecule has 3 atom stereocenters. The van der Waals surface area contributed by atoms with Crippen LogP contribution in [0.4, 0.5) is 0 Å². The molecule has 1 fully saturated rings. The highest BCUT2D eigenvalue weighted by Crippen LogP contribution is 2.56. The number of hydrogen-bond donors (Lipinski definition) is 0. The molecule has 2 heteroatoms. The van der Waals surface area contributed by atoms with E-state index in [1.165, 1.54) is 6.42 Å². The Morgan fingerprint density at radius 3 is 2.59 bits per heavy atom. The summed E-state index contributed by atoms with van der Waals surface area (Å²) in [5.41, 5.74) is 0.384. The van der Waals surface area contributed by atoms with Gasteiger partial charge in [-0.05, 0) is 49.4 Å². The lowest BCUT2D eigenvalue weighted by molar-refractivity contribution is -0.119. The number of Topliss-reactive ketones (excluding diaryl/α,β-unsaturated/α-hetero) is 1. The number of aldehydes is 1. The van der Waals surface area contributed by atoms with Crippen molar-refractivity contribution in [2.45, 2.75) is 59.8 Å². The molecule has 2 nitrogen and oxygen atoms in total. The summed E-state index contributed by atoms with van der Waals surface area (Å²) < 4.78 is 0. The predicted octanol–water partition coefficient (Wildman–Crippen LogP) is 3.63. The van der Waals surface area contributed by atoms with Crippen molar-refractivity contribution >= 4 is 12.1 Å². The molecule has 98 valence electrons. The molecule has 1 aliphatic carbocycles. The van der Waals surface area contributed by atoms with Gasteiger partial charge in [-0.1, -0.05) is 20.8 Å². The zero-order valence-corrected chi connectivity index (χ0v) is 11.7. The summed E-state index contributed by atoms with van der Waals surface area (Å²) in [6, 6.07) is 0. The second-order valence-corrected chi connectivity index (χ2v) is 6.43. The van der Waals surface area contributed by atoms with Gasteiger partial charge in [-0.3, -0.25) is 0 Å². The summed E-state index contributed by atoms with van der Waals surface area (Å²) in [7, 11) is 0. The van der Waals surface area contributed by atoms with Gasteiger partial charge in [0.05, 0.1) is 0 Å². The fourth-order valence-electron chi connectivity index (χ4n) is 3.43. The first kappa shape index (κ1) is 14.4. The van der Waals surface area contributed by atoms with Crippen LogP contribution in [0.25, 0.3) is 0 Å². The first-order valence-electron chi connectivity index (χ1n) is 6.81. The molecule has 0 spiro atoms. The van der Waals surface area contributed by atoms with Crippen LogP contribution in [-0.2, 0) is 9.59 Å². The highest BCUT2D eigenvalue weighted by Gasteiger charge is 2.48. The monoisotopic (exact) mass is 238 g/mol. The van der Waals surface area contributed by atoms with Crippen LogP contribution in [0.1, 0.15) is 59.8 Å². The smallest absolute Gasteiger partial charge is 0.129 e. The van der Waals surface area contributed by atoms with Crippen LogP contribution in [0.15, 0.2) is 0 Å². The molecule has 17 heavy (non-hydrogen) atoms. The van der Waals surface area contributed by atoms with E-state index in [0.717, 1.165) is 19.1 Å². The Hall–Kier alpha value is -0.660. The molecule has 0 bridgehead atoms. The average molecular weight is 238 g/mol.